The fourth-order valence-electron chi connectivity index (χ4n) is 2.27. The Balaban J connectivity index is 1.64. The average Bonchev–Trinajstić information content (AvgIpc) is 2.73. The Hall–Kier alpha value is -3.42. The molecule has 3 nitrogen and oxygen atoms in total. The van der Waals surface area contributed by atoms with Crippen LogP contribution in [0.1, 0.15) is 11.1 Å². The lowest BCUT2D eigenvalue weighted by Crippen LogP contribution is -2.06. The van der Waals surface area contributed by atoms with E-state index in [-0.39, 0.29) is 0 Å². The molecular formula is C20H13F5N2O. The number of anilines is 1. The molecule has 3 aromatic carbocycles. The highest BCUT2D eigenvalue weighted by molar-refractivity contribution is 5.80. The number of hydrogen-bond acceptors (Lipinski definition) is 3. The number of ether oxygens (including phenoxy) is 1. The normalized spacial score (nSPS) is 11.0. The fraction of sp³-hybridized carbons (Fsp3) is 0.0500. The third-order valence-electron chi connectivity index (χ3n) is 3.73. The maximum absolute atomic E-state index is 13.5. The molecule has 0 aliphatic rings. The van der Waals surface area contributed by atoms with E-state index in [1.54, 1.807) is 24.3 Å². The summed E-state index contributed by atoms with van der Waals surface area (Å²) in [6.45, 7) is 0.385. The summed E-state index contributed by atoms with van der Waals surface area (Å²) in [6, 6.07) is 16.1. The van der Waals surface area contributed by atoms with Crippen molar-refractivity contribution in [1.29, 1.82) is 0 Å². The number of hydrogen-bond donors (Lipinski definition) is 1. The van der Waals surface area contributed by atoms with Crippen LogP contribution in [0.15, 0.2) is 59.7 Å². The van der Waals surface area contributed by atoms with E-state index in [1.165, 1.54) is 6.21 Å². The Kier molecular flexibility index (Phi) is 5.88. The van der Waals surface area contributed by atoms with Crippen molar-refractivity contribution < 1.29 is 26.7 Å². The third kappa shape index (κ3) is 4.28. The third-order valence-corrected chi connectivity index (χ3v) is 3.73. The smallest absolute Gasteiger partial charge is 0.200 e. The molecule has 0 saturated carbocycles. The van der Waals surface area contributed by atoms with Crippen LogP contribution in [-0.2, 0) is 6.61 Å². The number of hydrazone groups is 1. The van der Waals surface area contributed by atoms with Gasteiger partial charge in [0.05, 0.1) is 6.21 Å². The van der Waals surface area contributed by atoms with Gasteiger partial charge in [0, 0.05) is 0 Å². The van der Waals surface area contributed by atoms with Crippen molar-refractivity contribution in [2.24, 2.45) is 5.10 Å². The van der Waals surface area contributed by atoms with E-state index in [1.807, 2.05) is 35.8 Å². The highest BCUT2D eigenvalue weighted by Crippen LogP contribution is 2.27. The van der Waals surface area contributed by atoms with Crippen molar-refractivity contribution in [2.75, 3.05) is 5.43 Å². The average molecular weight is 392 g/mol. The molecule has 0 aliphatic carbocycles. The molecule has 144 valence electrons. The van der Waals surface area contributed by atoms with Crippen molar-refractivity contribution in [3.8, 4) is 5.75 Å². The molecule has 0 radical (unpaired) electrons. The first kappa shape index (κ1) is 19.3. The van der Waals surface area contributed by atoms with Gasteiger partial charge in [0.25, 0.3) is 0 Å². The van der Waals surface area contributed by atoms with Crippen molar-refractivity contribution in [3.05, 3.63) is 94.8 Å². The van der Waals surface area contributed by atoms with E-state index >= 15 is 0 Å². The molecule has 0 saturated heterocycles. The molecule has 3 aromatic rings. The van der Waals surface area contributed by atoms with Gasteiger partial charge in [0.2, 0.25) is 5.82 Å². The minimum absolute atomic E-state index is 0.385. The zero-order chi connectivity index (χ0) is 20.1. The molecule has 0 heterocycles. The Morgan fingerprint density at radius 1 is 0.750 bits per heavy atom. The summed E-state index contributed by atoms with van der Waals surface area (Å²) in [6.07, 6.45) is 1.17. The first-order valence-corrected chi connectivity index (χ1v) is 8.04. The molecule has 0 unspecified atom stereocenters. The maximum atomic E-state index is 13.5. The van der Waals surface area contributed by atoms with E-state index in [9.17, 15) is 22.0 Å². The summed E-state index contributed by atoms with van der Waals surface area (Å²) in [5, 5.41) is 3.52. The summed E-state index contributed by atoms with van der Waals surface area (Å²) in [7, 11) is 0. The molecule has 0 aliphatic heterocycles. The summed E-state index contributed by atoms with van der Waals surface area (Å²) in [5.74, 6) is -9.70. The minimum Gasteiger partial charge on any atom is -0.489 e. The Labute approximate surface area is 157 Å². The monoisotopic (exact) mass is 392 g/mol. The van der Waals surface area contributed by atoms with E-state index in [0.29, 0.717) is 17.9 Å². The van der Waals surface area contributed by atoms with Crippen LogP contribution in [0.2, 0.25) is 0 Å². The summed E-state index contributed by atoms with van der Waals surface area (Å²) < 4.78 is 71.9. The van der Waals surface area contributed by atoms with Gasteiger partial charge in [-0.25, -0.2) is 22.0 Å². The standard InChI is InChI=1S/C20H13F5N2O/c21-15-16(22)18(24)20(19(25)17(15)23)27-26-10-12-6-8-14(9-7-12)28-11-13-4-2-1-3-5-13/h1-10,27H,11H2. The van der Waals surface area contributed by atoms with Gasteiger partial charge >= 0.3 is 0 Å². The van der Waals surface area contributed by atoms with Crippen LogP contribution in [0.5, 0.6) is 5.75 Å². The predicted molar refractivity (Wildman–Crippen MR) is 94.7 cm³/mol. The lowest BCUT2D eigenvalue weighted by atomic mass is 10.2. The van der Waals surface area contributed by atoms with Gasteiger partial charge in [-0.2, -0.15) is 5.10 Å². The van der Waals surface area contributed by atoms with Crippen molar-refractivity contribution >= 4 is 11.9 Å². The molecule has 28 heavy (non-hydrogen) atoms. The predicted octanol–water partition coefficient (Wildman–Crippen LogP) is 5.41. The maximum Gasteiger partial charge on any atom is 0.200 e. The van der Waals surface area contributed by atoms with Gasteiger partial charge in [-0.15, -0.1) is 0 Å². The van der Waals surface area contributed by atoms with Crippen LogP contribution in [0.4, 0.5) is 27.6 Å². The summed E-state index contributed by atoms with van der Waals surface area (Å²) in [4.78, 5) is 0. The van der Waals surface area contributed by atoms with Crippen LogP contribution in [0.25, 0.3) is 0 Å². The second-order valence-corrected chi connectivity index (χ2v) is 5.66. The minimum atomic E-state index is -2.23. The second kappa shape index (κ2) is 8.51. The quantitative estimate of drug-likeness (QED) is 0.200. The zero-order valence-corrected chi connectivity index (χ0v) is 14.2. The largest absolute Gasteiger partial charge is 0.489 e. The van der Waals surface area contributed by atoms with Crippen molar-refractivity contribution in [3.63, 3.8) is 0 Å². The first-order valence-electron chi connectivity index (χ1n) is 8.04. The van der Waals surface area contributed by atoms with Crippen LogP contribution in [-0.4, -0.2) is 6.21 Å². The molecule has 8 heteroatoms. The topological polar surface area (TPSA) is 33.6 Å². The van der Waals surface area contributed by atoms with E-state index < -0.39 is 34.8 Å². The molecule has 0 bridgehead atoms. The fourth-order valence-corrected chi connectivity index (χ4v) is 2.27. The summed E-state index contributed by atoms with van der Waals surface area (Å²) >= 11 is 0. The van der Waals surface area contributed by atoms with Crippen molar-refractivity contribution in [1.82, 2.24) is 0 Å². The molecule has 0 aromatic heterocycles. The second-order valence-electron chi connectivity index (χ2n) is 5.66. The van der Waals surface area contributed by atoms with Crippen LogP contribution >= 0.6 is 0 Å². The van der Waals surface area contributed by atoms with Gasteiger partial charge < -0.3 is 4.74 Å². The Bertz CT molecular complexity index is 963. The van der Waals surface area contributed by atoms with Crippen LogP contribution < -0.4 is 10.2 Å². The Morgan fingerprint density at radius 3 is 1.93 bits per heavy atom. The summed E-state index contributed by atoms with van der Waals surface area (Å²) in [5.41, 5.74) is 2.13. The van der Waals surface area contributed by atoms with E-state index in [0.717, 1.165) is 5.56 Å². The zero-order valence-electron chi connectivity index (χ0n) is 14.2. The van der Waals surface area contributed by atoms with E-state index in [2.05, 4.69) is 5.10 Å². The number of nitrogens with one attached hydrogen (secondary N) is 1. The number of rotatable bonds is 6. The SMILES string of the molecule is Fc1c(F)c(F)c(NN=Cc2ccc(OCc3ccccc3)cc2)c(F)c1F. The number of halogens is 5. The molecule has 0 atom stereocenters. The highest BCUT2D eigenvalue weighted by atomic mass is 19.2. The van der Waals surface area contributed by atoms with Gasteiger partial charge in [0.1, 0.15) is 18.0 Å². The van der Waals surface area contributed by atoms with Gasteiger partial charge in [-0.1, -0.05) is 30.3 Å². The molecule has 3 rings (SSSR count). The first-order chi connectivity index (χ1) is 13.5. The lowest BCUT2D eigenvalue weighted by Gasteiger charge is -2.07. The number of nitrogens with zero attached hydrogens (tertiary/aromatic N) is 1. The Morgan fingerprint density at radius 2 is 1.32 bits per heavy atom. The van der Waals surface area contributed by atoms with Gasteiger partial charge in [-0.3, -0.25) is 5.43 Å². The van der Waals surface area contributed by atoms with Gasteiger partial charge in [0.15, 0.2) is 23.3 Å². The molecule has 0 fully saturated rings. The molecule has 0 amide bonds. The van der Waals surface area contributed by atoms with Crippen LogP contribution in [0, 0.1) is 29.1 Å². The lowest BCUT2D eigenvalue weighted by molar-refractivity contribution is 0.306. The van der Waals surface area contributed by atoms with Gasteiger partial charge in [-0.05, 0) is 35.4 Å². The highest BCUT2D eigenvalue weighted by Gasteiger charge is 2.25. The van der Waals surface area contributed by atoms with Crippen molar-refractivity contribution in [2.45, 2.75) is 6.61 Å². The number of benzene rings is 3. The molecule has 0 spiro atoms. The van der Waals surface area contributed by atoms with E-state index in [4.69, 9.17) is 4.74 Å². The molecular weight excluding hydrogens is 379 g/mol. The van der Waals surface area contributed by atoms with Crippen LogP contribution in [0.3, 0.4) is 0 Å². The molecule has 1 N–H and O–H groups in total.